The smallest absolute Gasteiger partial charge is 0.269 e. The standard InChI is InChI=1S/C16H10BrN3O3S/c17-12-5-1-11(2-6-12)15(21)19-16-18-14(9-24-16)10-3-7-13(8-4-10)20(22)23/h1-9H,(H,18,19,21). The quantitative estimate of drug-likeness (QED) is 0.503. The molecule has 0 aliphatic carbocycles. The average Bonchev–Trinajstić information content (AvgIpc) is 3.04. The summed E-state index contributed by atoms with van der Waals surface area (Å²) in [5, 5.41) is 15.7. The van der Waals surface area contributed by atoms with Crippen LogP contribution in [0.15, 0.2) is 58.4 Å². The van der Waals surface area contributed by atoms with Gasteiger partial charge in [0.25, 0.3) is 11.6 Å². The van der Waals surface area contributed by atoms with Crippen LogP contribution in [0.25, 0.3) is 11.3 Å². The highest BCUT2D eigenvalue weighted by molar-refractivity contribution is 9.10. The third-order valence-electron chi connectivity index (χ3n) is 3.20. The Labute approximate surface area is 149 Å². The highest BCUT2D eigenvalue weighted by Crippen LogP contribution is 2.26. The van der Waals surface area contributed by atoms with Crippen LogP contribution in [0.1, 0.15) is 10.4 Å². The molecule has 6 nitrogen and oxygen atoms in total. The van der Waals surface area contributed by atoms with E-state index in [1.165, 1.54) is 23.5 Å². The van der Waals surface area contributed by atoms with Gasteiger partial charge in [-0.25, -0.2) is 4.98 Å². The fourth-order valence-corrected chi connectivity index (χ4v) is 2.97. The number of benzene rings is 2. The summed E-state index contributed by atoms with van der Waals surface area (Å²) >= 11 is 4.62. The van der Waals surface area contributed by atoms with Crippen molar-refractivity contribution in [1.82, 2.24) is 4.98 Å². The number of hydrogen-bond donors (Lipinski definition) is 1. The van der Waals surface area contributed by atoms with E-state index < -0.39 is 4.92 Å². The van der Waals surface area contributed by atoms with E-state index >= 15 is 0 Å². The number of nitro groups is 1. The molecule has 1 aromatic heterocycles. The predicted molar refractivity (Wildman–Crippen MR) is 96.3 cm³/mol. The summed E-state index contributed by atoms with van der Waals surface area (Å²) in [5.41, 5.74) is 1.96. The summed E-state index contributed by atoms with van der Waals surface area (Å²) < 4.78 is 0.897. The molecule has 0 atom stereocenters. The molecule has 120 valence electrons. The number of hydrogen-bond acceptors (Lipinski definition) is 5. The van der Waals surface area contributed by atoms with Crippen LogP contribution in [0.4, 0.5) is 10.8 Å². The SMILES string of the molecule is O=C(Nc1nc(-c2ccc([N+](=O)[O-])cc2)cs1)c1ccc(Br)cc1. The molecule has 1 heterocycles. The Hall–Kier alpha value is -2.58. The van der Waals surface area contributed by atoms with Crippen molar-refractivity contribution in [3.8, 4) is 11.3 Å². The maximum absolute atomic E-state index is 12.2. The molecule has 24 heavy (non-hydrogen) atoms. The number of non-ortho nitro benzene ring substituents is 1. The van der Waals surface area contributed by atoms with Crippen LogP contribution in [-0.4, -0.2) is 15.8 Å². The molecule has 8 heteroatoms. The number of nitrogens with one attached hydrogen (secondary N) is 1. The van der Waals surface area contributed by atoms with Gasteiger partial charge in [-0.05, 0) is 36.4 Å². The molecule has 3 rings (SSSR count). The van der Waals surface area contributed by atoms with Crippen LogP contribution in [0.3, 0.4) is 0 Å². The fraction of sp³-hybridized carbons (Fsp3) is 0. The first-order valence-electron chi connectivity index (χ1n) is 6.80. The van der Waals surface area contributed by atoms with Crippen molar-refractivity contribution in [2.45, 2.75) is 0 Å². The van der Waals surface area contributed by atoms with Crippen molar-refractivity contribution < 1.29 is 9.72 Å². The maximum atomic E-state index is 12.2. The first-order valence-corrected chi connectivity index (χ1v) is 8.47. The van der Waals surface area contributed by atoms with Crippen molar-refractivity contribution >= 4 is 44.0 Å². The number of carbonyl (C=O) groups excluding carboxylic acids is 1. The van der Waals surface area contributed by atoms with Crippen molar-refractivity contribution in [2.75, 3.05) is 5.32 Å². The van der Waals surface area contributed by atoms with E-state index in [2.05, 4.69) is 26.2 Å². The molecular formula is C16H10BrN3O3S. The van der Waals surface area contributed by atoms with Crippen molar-refractivity contribution in [3.05, 3.63) is 74.1 Å². The third-order valence-corrected chi connectivity index (χ3v) is 4.49. The van der Waals surface area contributed by atoms with Crippen molar-refractivity contribution in [1.29, 1.82) is 0 Å². The van der Waals surface area contributed by atoms with Gasteiger partial charge >= 0.3 is 0 Å². The van der Waals surface area contributed by atoms with Crippen LogP contribution in [0, 0.1) is 10.1 Å². The van der Waals surface area contributed by atoms with E-state index in [1.807, 2.05) is 0 Å². The number of nitro benzene ring substituents is 1. The molecule has 2 aromatic carbocycles. The Morgan fingerprint density at radius 3 is 2.42 bits per heavy atom. The zero-order valence-corrected chi connectivity index (χ0v) is 14.5. The second-order valence-corrected chi connectivity index (χ2v) is 6.58. The zero-order chi connectivity index (χ0) is 17.1. The summed E-state index contributed by atoms with van der Waals surface area (Å²) in [6.07, 6.45) is 0. The average molecular weight is 404 g/mol. The lowest BCUT2D eigenvalue weighted by molar-refractivity contribution is -0.384. The lowest BCUT2D eigenvalue weighted by Gasteiger charge is -2.01. The van der Waals surface area contributed by atoms with Crippen LogP contribution >= 0.6 is 27.3 Å². The summed E-state index contributed by atoms with van der Waals surface area (Å²) in [4.78, 5) is 26.7. The number of anilines is 1. The van der Waals surface area contributed by atoms with Gasteiger partial charge in [0.15, 0.2) is 5.13 Å². The van der Waals surface area contributed by atoms with Gasteiger partial charge in [-0.1, -0.05) is 15.9 Å². The van der Waals surface area contributed by atoms with E-state index in [4.69, 9.17) is 0 Å². The van der Waals surface area contributed by atoms with E-state index in [9.17, 15) is 14.9 Å². The van der Waals surface area contributed by atoms with Gasteiger partial charge in [0, 0.05) is 33.1 Å². The molecule has 0 spiro atoms. The largest absolute Gasteiger partial charge is 0.298 e. The number of thiazole rings is 1. The van der Waals surface area contributed by atoms with Crippen LogP contribution < -0.4 is 5.32 Å². The lowest BCUT2D eigenvalue weighted by Crippen LogP contribution is -2.11. The van der Waals surface area contributed by atoms with Crippen LogP contribution in [0.2, 0.25) is 0 Å². The minimum absolute atomic E-state index is 0.0257. The van der Waals surface area contributed by atoms with Gasteiger partial charge in [-0.3, -0.25) is 20.2 Å². The Bertz CT molecular complexity index is 892. The molecule has 0 saturated carbocycles. The van der Waals surface area contributed by atoms with Crippen LogP contribution in [0.5, 0.6) is 0 Å². The van der Waals surface area contributed by atoms with Crippen LogP contribution in [-0.2, 0) is 0 Å². The van der Waals surface area contributed by atoms with E-state index in [0.29, 0.717) is 16.4 Å². The summed E-state index contributed by atoms with van der Waals surface area (Å²) in [7, 11) is 0. The monoisotopic (exact) mass is 403 g/mol. The molecule has 0 fully saturated rings. The molecule has 0 saturated heterocycles. The summed E-state index contributed by atoms with van der Waals surface area (Å²) in [5.74, 6) is -0.243. The number of rotatable bonds is 4. The number of amides is 1. The van der Waals surface area contributed by atoms with Gasteiger partial charge in [0.2, 0.25) is 0 Å². The number of carbonyl (C=O) groups is 1. The van der Waals surface area contributed by atoms with Crippen molar-refractivity contribution in [3.63, 3.8) is 0 Å². The van der Waals surface area contributed by atoms with Gasteiger partial charge in [0.1, 0.15) is 0 Å². The number of nitrogens with zero attached hydrogens (tertiary/aromatic N) is 2. The highest BCUT2D eigenvalue weighted by atomic mass is 79.9. The lowest BCUT2D eigenvalue weighted by atomic mass is 10.1. The molecule has 3 aromatic rings. The Balaban J connectivity index is 1.74. The third kappa shape index (κ3) is 3.66. The minimum atomic E-state index is -0.450. The van der Waals surface area contributed by atoms with E-state index in [1.54, 1.807) is 41.8 Å². The molecule has 0 aliphatic heterocycles. The zero-order valence-electron chi connectivity index (χ0n) is 12.1. The summed E-state index contributed by atoms with van der Waals surface area (Å²) in [6, 6.07) is 13.1. The first kappa shape index (κ1) is 16.3. The van der Waals surface area contributed by atoms with E-state index in [-0.39, 0.29) is 11.6 Å². The minimum Gasteiger partial charge on any atom is -0.298 e. The number of aromatic nitrogens is 1. The Kier molecular flexibility index (Phi) is 4.68. The molecule has 1 amide bonds. The van der Waals surface area contributed by atoms with Crippen molar-refractivity contribution in [2.24, 2.45) is 0 Å². The Morgan fingerprint density at radius 2 is 1.79 bits per heavy atom. The molecular weight excluding hydrogens is 394 g/mol. The molecule has 0 aliphatic rings. The Morgan fingerprint density at radius 1 is 1.12 bits per heavy atom. The maximum Gasteiger partial charge on any atom is 0.269 e. The molecule has 1 N–H and O–H groups in total. The fourth-order valence-electron chi connectivity index (χ4n) is 1.99. The number of halogens is 1. The summed E-state index contributed by atoms with van der Waals surface area (Å²) in [6.45, 7) is 0. The first-order chi connectivity index (χ1) is 11.5. The highest BCUT2D eigenvalue weighted by Gasteiger charge is 2.11. The van der Waals surface area contributed by atoms with E-state index in [0.717, 1.165) is 10.0 Å². The second kappa shape index (κ2) is 6.90. The normalized spacial score (nSPS) is 10.4. The van der Waals surface area contributed by atoms with Gasteiger partial charge in [-0.15, -0.1) is 11.3 Å². The van der Waals surface area contributed by atoms with Gasteiger partial charge in [0.05, 0.1) is 10.6 Å². The van der Waals surface area contributed by atoms with Gasteiger partial charge in [-0.2, -0.15) is 0 Å². The molecule has 0 radical (unpaired) electrons. The van der Waals surface area contributed by atoms with Gasteiger partial charge < -0.3 is 0 Å². The predicted octanol–water partition coefficient (Wildman–Crippen LogP) is 4.73. The second-order valence-electron chi connectivity index (χ2n) is 4.80. The topological polar surface area (TPSA) is 85.1 Å². The molecule has 0 bridgehead atoms. The molecule has 0 unspecified atom stereocenters.